The van der Waals surface area contributed by atoms with E-state index in [4.69, 9.17) is 0 Å². The lowest BCUT2D eigenvalue weighted by Gasteiger charge is -2.17. The molecule has 0 aliphatic rings. The molecule has 0 saturated carbocycles. The van der Waals surface area contributed by atoms with Crippen LogP contribution in [-0.2, 0) is 6.54 Å². The van der Waals surface area contributed by atoms with Crippen molar-refractivity contribution in [2.75, 3.05) is 6.61 Å². The number of amides is 2. The molecule has 25 heavy (non-hydrogen) atoms. The molecule has 0 saturated heterocycles. The number of aromatic nitrogens is 2. The van der Waals surface area contributed by atoms with Crippen molar-refractivity contribution in [2.45, 2.75) is 12.6 Å². The van der Waals surface area contributed by atoms with Gasteiger partial charge >= 0.3 is 6.03 Å². The monoisotopic (exact) mass is 336 g/mol. The van der Waals surface area contributed by atoms with Gasteiger partial charge in [-0.25, -0.2) is 9.48 Å². The Morgan fingerprint density at radius 1 is 1.08 bits per heavy atom. The van der Waals surface area contributed by atoms with Gasteiger partial charge in [-0.3, -0.25) is 0 Å². The van der Waals surface area contributed by atoms with E-state index in [0.29, 0.717) is 6.54 Å². The highest BCUT2D eigenvalue weighted by Gasteiger charge is 2.13. The average Bonchev–Trinajstić information content (AvgIpc) is 3.15. The van der Waals surface area contributed by atoms with E-state index in [9.17, 15) is 9.90 Å². The van der Waals surface area contributed by atoms with Gasteiger partial charge in [-0.1, -0.05) is 48.5 Å². The normalized spacial score (nSPS) is 11.7. The Hall–Kier alpha value is -3.12. The first-order chi connectivity index (χ1) is 12.3. The van der Waals surface area contributed by atoms with Gasteiger partial charge in [-0.2, -0.15) is 5.10 Å². The van der Waals surface area contributed by atoms with Gasteiger partial charge in [-0.15, -0.1) is 0 Å². The number of nitrogens with zero attached hydrogens (tertiary/aromatic N) is 2. The molecule has 0 fully saturated rings. The summed E-state index contributed by atoms with van der Waals surface area (Å²) >= 11 is 0. The van der Waals surface area contributed by atoms with Crippen molar-refractivity contribution in [1.29, 1.82) is 0 Å². The van der Waals surface area contributed by atoms with Crippen LogP contribution in [0.3, 0.4) is 0 Å². The van der Waals surface area contributed by atoms with Crippen LogP contribution in [0, 0.1) is 0 Å². The SMILES string of the molecule is O=C(NCc1cnn(-c2ccccc2)c1)NC(CO)c1ccccc1. The first-order valence-corrected chi connectivity index (χ1v) is 8.05. The first kappa shape index (κ1) is 16.7. The molecule has 0 radical (unpaired) electrons. The van der Waals surface area contributed by atoms with E-state index in [1.165, 1.54) is 0 Å². The quantitative estimate of drug-likeness (QED) is 0.647. The van der Waals surface area contributed by atoms with Crippen LogP contribution in [0.1, 0.15) is 17.2 Å². The van der Waals surface area contributed by atoms with E-state index in [2.05, 4.69) is 15.7 Å². The first-order valence-electron chi connectivity index (χ1n) is 8.05. The fourth-order valence-electron chi connectivity index (χ4n) is 2.48. The second-order valence-corrected chi connectivity index (χ2v) is 5.60. The van der Waals surface area contributed by atoms with Gasteiger partial charge < -0.3 is 15.7 Å². The molecule has 6 nitrogen and oxygen atoms in total. The van der Waals surface area contributed by atoms with Crippen molar-refractivity contribution in [3.05, 3.63) is 84.2 Å². The summed E-state index contributed by atoms with van der Waals surface area (Å²) in [5.41, 5.74) is 2.71. The number of benzene rings is 2. The van der Waals surface area contributed by atoms with Gasteiger partial charge in [-0.05, 0) is 17.7 Å². The molecular weight excluding hydrogens is 316 g/mol. The Bertz CT molecular complexity index is 803. The van der Waals surface area contributed by atoms with E-state index in [1.807, 2.05) is 66.9 Å². The van der Waals surface area contributed by atoms with Crippen LogP contribution in [0.4, 0.5) is 4.79 Å². The van der Waals surface area contributed by atoms with Gasteiger partial charge in [0.2, 0.25) is 0 Å². The number of nitrogens with one attached hydrogen (secondary N) is 2. The molecule has 2 amide bonds. The minimum atomic E-state index is -0.437. The van der Waals surface area contributed by atoms with Crippen LogP contribution in [0.15, 0.2) is 73.1 Å². The van der Waals surface area contributed by atoms with Crippen LogP contribution in [0.5, 0.6) is 0 Å². The number of para-hydroxylation sites is 1. The van der Waals surface area contributed by atoms with E-state index in [1.54, 1.807) is 10.9 Å². The zero-order valence-corrected chi connectivity index (χ0v) is 13.7. The predicted molar refractivity (Wildman–Crippen MR) is 95.2 cm³/mol. The Morgan fingerprint density at radius 2 is 1.76 bits per heavy atom. The fraction of sp³-hybridized carbons (Fsp3) is 0.158. The lowest BCUT2D eigenvalue weighted by Crippen LogP contribution is -2.38. The zero-order valence-electron chi connectivity index (χ0n) is 13.7. The third-order valence-corrected chi connectivity index (χ3v) is 3.80. The molecule has 2 aromatic carbocycles. The maximum Gasteiger partial charge on any atom is 0.315 e. The van der Waals surface area contributed by atoms with Crippen LogP contribution >= 0.6 is 0 Å². The third-order valence-electron chi connectivity index (χ3n) is 3.80. The van der Waals surface area contributed by atoms with Gasteiger partial charge in [0, 0.05) is 18.3 Å². The highest BCUT2D eigenvalue weighted by atomic mass is 16.3. The van der Waals surface area contributed by atoms with Crippen LogP contribution in [0.2, 0.25) is 0 Å². The smallest absolute Gasteiger partial charge is 0.315 e. The van der Waals surface area contributed by atoms with Gasteiger partial charge in [0.15, 0.2) is 0 Å². The topological polar surface area (TPSA) is 79.2 Å². The summed E-state index contributed by atoms with van der Waals surface area (Å²) in [6.45, 7) is 0.189. The number of carbonyl (C=O) groups is 1. The van der Waals surface area contributed by atoms with Crippen molar-refractivity contribution in [3.8, 4) is 5.69 Å². The lowest BCUT2D eigenvalue weighted by molar-refractivity contribution is 0.216. The maximum atomic E-state index is 12.1. The van der Waals surface area contributed by atoms with E-state index < -0.39 is 6.04 Å². The van der Waals surface area contributed by atoms with Crippen LogP contribution in [-0.4, -0.2) is 27.5 Å². The van der Waals surface area contributed by atoms with Crippen LogP contribution < -0.4 is 10.6 Å². The number of hydrogen-bond donors (Lipinski definition) is 3. The van der Waals surface area contributed by atoms with Crippen LogP contribution in [0.25, 0.3) is 5.69 Å². The highest BCUT2D eigenvalue weighted by molar-refractivity contribution is 5.74. The largest absolute Gasteiger partial charge is 0.394 e. The van der Waals surface area contributed by atoms with Crippen molar-refractivity contribution in [2.24, 2.45) is 0 Å². The summed E-state index contributed by atoms with van der Waals surface area (Å²) in [5, 5.41) is 19.3. The summed E-state index contributed by atoms with van der Waals surface area (Å²) in [6.07, 6.45) is 3.59. The number of rotatable bonds is 6. The molecule has 1 heterocycles. The molecule has 3 rings (SSSR count). The van der Waals surface area contributed by atoms with Crippen molar-refractivity contribution < 1.29 is 9.90 Å². The standard InChI is InChI=1S/C19H20N4O2/c24-14-18(16-7-3-1-4-8-16)22-19(25)20-11-15-12-21-23(13-15)17-9-5-2-6-10-17/h1-10,12-13,18,24H,11,14H2,(H2,20,22,25). The second kappa shape index (κ2) is 8.12. The molecule has 3 aromatic rings. The fourth-order valence-corrected chi connectivity index (χ4v) is 2.48. The predicted octanol–water partition coefficient (Wildman–Crippen LogP) is 2.41. The Labute approximate surface area is 146 Å². The molecule has 0 bridgehead atoms. The van der Waals surface area contributed by atoms with E-state index >= 15 is 0 Å². The molecule has 1 unspecified atom stereocenters. The molecule has 1 atom stereocenters. The minimum absolute atomic E-state index is 0.163. The van der Waals surface area contributed by atoms with Crippen molar-refractivity contribution >= 4 is 6.03 Å². The van der Waals surface area contributed by atoms with Crippen molar-refractivity contribution in [1.82, 2.24) is 20.4 Å². The molecule has 3 N–H and O–H groups in total. The minimum Gasteiger partial charge on any atom is -0.394 e. The summed E-state index contributed by atoms with van der Waals surface area (Å²) in [6, 6.07) is 18.4. The molecule has 0 aliphatic carbocycles. The lowest BCUT2D eigenvalue weighted by atomic mass is 10.1. The zero-order chi connectivity index (χ0) is 17.5. The number of urea groups is 1. The number of carbonyl (C=O) groups excluding carboxylic acids is 1. The molecular formula is C19H20N4O2. The summed E-state index contributed by atoms with van der Waals surface area (Å²) < 4.78 is 1.76. The molecule has 0 spiro atoms. The number of aliphatic hydroxyl groups excluding tert-OH is 1. The molecule has 0 aliphatic heterocycles. The third kappa shape index (κ3) is 4.45. The van der Waals surface area contributed by atoms with Gasteiger partial charge in [0.1, 0.15) is 0 Å². The molecule has 6 heteroatoms. The molecule has 1 aromatic heterocycles. The van der Waals surface area contributed by atoms with Crippen molar-refractivity contribution in [3.63, 3.8) is 0 Å². The Morgan fingerprint density at radius 3 is 2.44 bits per heavy atom. The van der Waals surface area contributed by atoms with Gasteiger partial charge in [0.25, 0.3) is 0 Å². The maximum absolute atomic E-state index is 12.1. The summed E-state index contributed by atoms with van der Waals surface area (Å²) in [4.78, 5) is 12.1. The molecule has 128 valence electrons. The summed E-state index contributed by atoms with van der Waals surface area (Å²) in [5.74, 6) is 0. The second-order valence-electron chi connectivity index (χ2n) is 5.60. The highest BCUT2D eigenvalue weighted by Crippen LogP contribution is 2.11. The average molecular weight is 336 g/mol. The van der Waals surface area contributed by atoms with E-state index in [-0.39, 0.29) is 12.6 Å². The van der Waals surface area contributed by atoms with E-state index in [0.717, 1.165) is 16.8 Å². The Kier molecular flexibility index (Phi) is 5.43. The number of aliphatic hydroxyl groups is 1. The van der Waals surface area contributed by atoms with Gasteiger partial charge in [0.05, 0.1) is 24.5 Å². The summed E-state index contributed by atoms with van der Waals surface area (Å²) in [7, 11) is 0. The number of hydrogen-bond acceptors (Lipinski definition) is 3. The Balaban J connectivity index is 1.55.